The molecule has 1 aliphatic heterocycles. The van der Waals surface area contributed by atoms with Crippen LogP contribution in [-0.2, 0) is 9.84 Å². The zero-order valence-corrected chi connectivity index (χ0v) is 11.8. The number of ketones is 1. The Kier molecular flexibility index (Phi) is 4.24. The molecule has 1 atom stereocenters. The van der Waals surface area contributed by atoms with Crippen LogP contribution in [-0.4, -0.2) is 32.3 Å². The first-order chi connectivity index (χ1) is 9.02. The molecule has 0 bridgehead atoms. The van der Waals surface area contributed by atoms with E-state index in [-0.39, 0.29) is 29.6 Å². The van der Waals surface area contributed by atoms with Gasteiger partial charge in [-0.2, -0.15) is 0 Å². The third-order valence-electron chi connectivity index (χ3n) is 3.29. The highest BCUT2D eigenvalue weighted by atomic mass is 32.2. The molecule has 19 heavy (non-hydrogen) atoms. The summed E-state index contributed by atoms with van der Waals surface area (Å²) < 4.78 is 28.2. The van der Waals surface area contributed by atoms with Gasteiger partial charge in [0.15, 0.2) is 15.6 Å². The maximum Gasteiger partial charge on any atom is 0.166 e. The van der Waals surface area contributed by atoms with Gasteiger partial charge in [0.25, 0.3) is 0 Å². The van der Waals surface area contributed by atoms with Crippen molar-refractivity contribution in [2.24, 2.45) is 5.92 Å². The zero-order chi connectivity index (χ0) is 13.9. The number of carbonyl (C=O) groups excluding carboxylic acids is 1. The predicted octanol–water partition coefficient (Wildman–Crippen LogP) is 2.09. The second-order valence-electron chi connectivity index (χ2n) is 4.83. The minimum atomic E-state index is -2.93. The molecule has 2 rings (SSSR count). The summed E-state index contributed by atoms with van der Waals surface area (Å²) in [5.41, 5.74) is 0.550. The van der Waals surface area contributed by atoms with Gasteiger partial charge in [0.05, 0.1) is 23.7 Å². The average Bonchev–Trinajstić information content (AvgIpc) is 2.69. The summed E-state index contributed by atoms with van der Waals surface area (Å²) in [4.78, 5) is 12.2. The van der Waals surface area contributed by atoms with Crippen LogP contribution in [0.1, 0.15) is 30.1 Å². The largest absolute Gasteiger partial charge is 0.493 e. The van der Waals surface area contributed by atoms with E-state index in [9.17, 15) is 13.2 Å². The molecule has 4 nitrogen and oxygen atoms in total. The first-order valence-corrected chi connectivity index (χ1v) is 8.29. The van der Waals surface area contributed by atoms with Crippen molar-refractivity contribution >= 4 is 15.6 Å². The second-order valence-corrected chi connectivity index (χ2v) is 7.05. The van der Waals surface area contributed by atoms with Crippen LogP contribution in [0.4, 0.5) is 0 Å². The van der Waals surface area contributed by atoms with Crippen molar-refractivity contribution < 1.29 is 17.9 Å². The predicted molar refractivity (Wildman–Crippen MR) is 73.3 cm³/mol. The number of benzene rings is 1. The van der Waals surface area contributed by atoms with E-state index in [0.29, 0.717) is 24.3 Å². The molecule has 1 aliphatic rings. The summed E-state index contributed by atoms with van der Waals surface area (Å²) in [5, 5.41) is 0. The lowest BCUT2D eigenvalue weighted by Crippen LogP contribution is -2.12. The molecule has 1 unspecified atom stereocenters. The molecular formula is C14H18O4S. The fraction of sp³-hybridized carbons (Fsp3) is 0.500. The van der Waals surface area contributed by atoms with Gasteiger partial charge in [-0.15, -0.1) is 0 Å². The van der Waals surface area contributed by atoms with E-state index in [4.69, 9.17) is 4.74 Å². The van der Waals surface area contributed by atoms with Crippen LogP contribution in [0.15, 0.2) is 24.3 Å². The van der Waals surface area contributed by atoms with E-state index in [0.717, 1.165) is 0 Å². The SMILES string of the molecule is CCOc1ccccc1C(=O)CC1CCS(=O)(=O)C1. The summed E-state index contributed by atoms with van der Waals surface area (Å²) in [5.74, 6) is 0.835. The lowest BCUT2D eigenvalue weighted by Gasteiger charge is -2.11. The molecule has 104 valence electrons. The molecule has 0 amide bonds. The Morgan fingerprint density at radius 3 is 2.74 bits per heavy atom. The Balaban J connectivity index is 2.08. The van der Waals surface area contributed by atoms with Gasteiger partial charge in [-0.25, -0.2) is 8.42 Å². The van der Waals surface area contributed by atoms with E-state index < -0.39 is 9.84 Å². The van der Waals surface area contributed by atoms with Gasteiger partial charge in [0.1, 0.15) is 5.75 Å². The molecule has 0 aromatic heterocycles. The van der Waals surface area contributed by atoms with Crippen LogP contribution in [0.3, 0.4) is 0 Å². The lowest BCUT2D eigenvalue weighted by molar-refractivity contribution is 0.0962. The highest BCUT2D eigenvalue weighted by molar-refractivity contribution is 7.91. The first-order valence-electron chi connectivity index (χ1n) is 6.47. The van der Waals surface area contributed by atoms with E-state index in [2.05, 4.69) is 0 Å². The molecule has 5 heteroatoms. The summed E-state index contributed by atoms with van der Waals surface area (Å²) in [6.45, 7) is 2.37. The first kappa shape index (κ1) is 14.1. The normalized spacial score (nSPS) is 21.2. The minimum Gasteiger partial charge on any atom is -0.493 e. The highest BCUT2D eigenvalue weighted by Gasteiger charge is 2.30. The molecule has 0 N–H and O–H groups in total. The molecular weight excluding hydrogens is 264 g/mol. The average molecular weight is 282 g/mol. The van der Waals surface area contributed by atoms with Gasteiger partial charge in [-0.1, -0.05) is 12.1 Å². The van der Waals surface area contributed by atoms with E-state index >= 15 is 0 Å². The molecule has 0 spiro atoms. The Bertz CT molecular complexity index is 563. The number of ether oxygens (including phenoxy) is 1. The van der Waals surface area contributed by atoms with Gasteiger partial charge < -0.3 is 4.74 Å². The number of para-hydroxylation sites is 1. The van der Waals surface area contributed by atoms with Crippen LogP contribution >= 0.6 is 0 Å². The smallest absolute Gasteiger partial charge is 0.166 e. The Morgan fingerprint density at radius 1 is 1.37 bits per heavy atom. The molecule has 1 heterocycles. The number of carbonyl (C=O) groups is 1. The van der Waals surface area contributed by atoms with Crippen molar-refractivity contribution in [3.05, 3.63) is 29.8 Å². The topological polar surface area (TPSA) is 60.4 Å². The fourth-order valence-corrected chi connectivity index (χ4v) is 4.25. The number of hydrogen-bond acceptors (Lipinski definition) is 4. The summed E-state index contributed by atoms with van der Waals surface area (Å²) in [7, 11) is -2.93. The van der Waals surface area contributed by atoms with Gasteiger partial charge in [0.2, 0.25) is 0 Å². The van der Waals surface area contributed by atoms with Crippen molar-refractivity contribution in [2.75, 3.05) is 18.1 Å². The third-order valence-corrected chi connectivity index (χ3v) is 5.13. The van der Waals surface area contributed by atoms with Crippen molar-refractivity contribution in [3.63, 3.8) is 0 Å². The van der Waals surface area contributed by atoms with Gasteiger partial charge >= 0.3 is 0 Å². The molecule has 1 fully saturated rings. The number of Topliss-reactive ketones (excluding diaryl/α,β-unsaturated/α-hetero) is 1. The molecule has 0 radical (unpaired) electrons. The maximum atomic E-state index is 12.2. The van der Waals surface area contributed by atoms with Gasteiger partial charge in [-0.3, -0.25) is 4.79 Å². The minimum absolute atomic E-state index is 0.0360. The van der Waals surface area contributed by atoms with Crippen molar-refractivity contribution in [3.8, 4) is 5.75 Å². The van der Waals surface area contributed by atoms with Crippen molar-refractivity contribution in [2.45, 2.75) is 19.8 Å². The Morgan fingerprint density at radius 2 is 2.11 bits per heavy atom. The molecule has 1 aromatic carbocycles. The second kappa shape index (κ2) is 5.74. The Labute approximate surface area is 113 Å². The number of sulfone groups is 1. The van der Waals surface area contributed by atoms with Crippen LogP contribution in [0.25, 0.3) is 0 Å². The third kappa shape index (κ3) is 3.56. The van der Waals surface area contributed by atoms with E-state index in [1.807, 2.05) is 13.0 Å². The van der Waals surface area contributed by atoms with Crippen molar-refractivity contribution in [1.82, 2.24) is 0 Å². The monoisotopic (exact) mass is 282 g/mol. The van der Waals surface area contributed by atoms with Crippen molar-refractivity contribution in [1.29, 1.82) is 0 Å². The summed E-state index contributed by atoms with van der Waals surface area (Å²) >= 11 is 0. The van der Waals surface area contributed by atoms with Gasteiger partial charge in [-0.05, 0) is 31.4 Å². The maximum absolute atomic E-state index is 12.2. The molecule has 0 saturated carbocycles. The summed E-state index contributed by atoms with van der Waals surface area (Å²) in [6.07, 6.45) is 0.869. The summed E-state index contributed by atoms with van der Waals surface area (Å²) in [6, 6.07) is 7.11. The van der Waals surface area contributed by atoms with Crippen LogP contribution in [0.2, 0.25) is 0 Å². The standard InChI is InChI=1S/C14H18O4S/c1-2-18-14-6-4-3-5-12(14)13(15)9-11-7-8-19(16,17)10-11/h3-6,11H,2,7-10H2,1H3. The highest BCUT2D eigenvalue weighted by Crippen LogP contribution is 2.26. The Hall–Kier alpha value is -1.36. The lowest BCUT2D eigenvalue weighted by atomic mass is 9.97. The van der Waals surface area contributed by atoms with Crippen LogP contribution in [0.5, 0.6) is 5.75 Å². The van der Waals surface area contributed by atoms with Crippen LogP contribution in [0, 0.1) is 5.92 Å². The molecule has 1 saturated heterocycles. The van der Waals surface area contributed by atoms with E-state index in [1.54, 1.807) is 18.2 Å². The van der Waals surface area contributed by atoms with Gasteiger partial charge in [0, 0.05) is 6.42 Å². The van der Waals surface area contributed by atoms with Crippen LogP contribution < -0.4 is 4.74 Å². The zero-order valence-electron chi connectivity index (χ0n) is 11.0. The number of rotatable bonds is 5. The molecule has 1 aromatic rings. The molecule has 0 aliphatic carbocycles. The van der Waals surface area contributed by atoms with E-state index in [1.165, 1.54) is 0 Å². The number of hydrogen-bond donors (Lipinski definition) is 0. The fourth-order valence-electron chi connectivity index (χ4n) is 2.38. The quantitative estimate of drug-likeness (QED) is 0.776.